The Morgan fingerprint density at radius 3 is 2.68 bits per heavy atom. The first kappa shape index (κ1) is 17.9. The molecule has 1 heterocycles. The van der Waals surface area contributed by atoms with Gasteiger partial charge in [0.25, 0.3) is 0 Å². The van der Waals surface area contributed by atoms with E-state index in [-0.39, 0.29) is 17.6 Å². The van der Waals surface area contributed by atoms with Crippen molar-refractivity contribution in [2.45, 2.75) is 50.2 Å². The second-order valence-corrected chi connectivity index (χ2v) is 8.30. The van der Waals surface area contributed by atoms with Crippen molar-refractivity contribution in [1.29, 1.82) is 0 Å². The molecule has 0 aliphatic carbocycles. The first-order chi connectivity index (χ1) is 11.9. The Bertz CT molecular complexity index is 740. The summed E-state index contributed by atoms with van der Waals surface area (Å²) in [6, 6.07) is 16.4. The molecule has 0 bridgehead atoms. The van der Waals surface area contributed by atoms with E-state index in [1.54, 1.807) is 11.8 Å². The van der Waals surface area contributed by atoms with Gasteiger partial charge < -0.3 is 10.1 Å². The number of hydrogen-bond acceptors (Lipinski definition) is 3. The summed E-state index contributed by atoms with van der Waals surface area (Å²) in [5.41, 5.74) is 2.05. The van der Waals surface area contributed by atoms with E-state index in [1.165, 1.54) is 10.5 Å². The Morgan fingerprint density at radius 1 is 1.20 bits per heavy atom. The number of benzene rings is 2. The lowest BCUT2D eigenvalue weighted by Crippen LogP contribution is -2.41. The van der Waals surface area contributed by atoms with Crippen LogP contribution in [0.3, 0.4) is 0 Å². The van der Waals surface area contributed by atoms with Gasteiger partial charge in [0.15, 0.2) is 0 Å². The summed E-state index contributed by atoms with van der Waals surface area (Å²) in [4.78, 5) is 13.6. The van der Waals surface area contributed by atoms with E-state index in [0.29, 0.717) is 6.42 Å². The first-order valence-electron chi connectivity index (χ1n) is 8.70. The van der Waals surface area contributed by atoms with Crippen molar-refractivity contribution in [3.63, 3.8) is 0 Å². The third-order valence-corrected chi connectivity index (χ3v) is 5.34. The van der Waals surface area contributed by atoms with Crippen LogP contribution in [0.1, 0.15) is 43.9 Å². The summed E-state index contributed by atoms with van der Waals surface area (Å²) in [5, 5.41) is 3.19. The van der Waals surface area contributed by atoms with Crippen molar-refractivity contribution in [2.24, 2.45) is 0 Å². The zero-order valence-corrected chi connectivity index (χ0v) is 15.9. The highest BCUT2D eigenvalue weighted by atomic mass is 32.2. The average molecular weight is 356 g/mol. The normalized spacial score (nSPS) is 18.1. The number of carbonyl (C=O) groups excluding carboxylic acids is 1. The lowest BCUT2D eigenvalue weighted by atomic mass is 9.89. The van der Waals surface area contributed by atoms with Crippen LogP contribution in [0.5, 0.6) is 5.75 Å². The van der Waals surface area contributed by atoms with Crippen LogP contribution in [0.2, 0.25) is 0 Å². The maximum Gasteiger partial charge on any atom is 0.221 e. The van der Waals surface area contributed by atoms with Gasteiger partial charge in [0.1, 0.15) is 11.4 Å². The number of thioether (sulfide) groups is 1. The van der Waals surface area contributed by atoms with Crippen LogP contribution < -0.4 is 10.1 Å². The van der Waals surface area contributed by atoms with Crippen molar-refractivity contribution in [3.8, 4) is 5.75 Å². The summed E-state index contributed by atoms with van der Waals surface area (Å²) >= 11 is 1.72. The van der Waals surface area contributed by atoms with Gasteiger partial charge in [-0.15, -0.1) is 11.8 Å². The van der Waals surface area contributed by atoms with Gasteiger partial charge in [-0.3, -0.25) is 4.79 Å². The molecular weight excluding hydrogens is 330 g/mol. The van der Waals surface area contributed by atoms with Gasteiger partial charge in [-0.1, -0.05) is 35.9 Å². The van der Waals surface area contributed by atoms with Crippen molar-refractivity contribution in [3.05, 3.63) is 59.7 Å². The molecule has 3 nitrogen and oxygen atoms in total. The molecule has 1 aliphatic rings. The van der Waals surface area contributed by atoms with Crippen LogP contribution in [-0.4, -0.2) is 17.3 Å². The number of nitrogens with one attached hydrogen (secondary N) is 1. The van der Waals surface area contributed by atoms with Gasteiger partial charge >= 0.3 is 0 Å². The molecule has 0 fully saturated rings. The number of rotatable bonds is 5. The number of ether oxygens (including phenoxy) is 1. The van der Waals surface area contributed by atoms with Crippen molar-refractivity contribution >= 4 is 17.7 Å². The molecule has 2 aromatic rings. The fraction of sp³-hybridized carbons (Fsp3) is 0.381. The highest BCUT2D eigenvalue weighted by molar-refractivity contribution is 7.99. The van der Waals surface area contributed by atoms with Crippen LogP contribution in [0, 0.1) is 6.92 Å². The lowest BCUT2D eigenvalue weighted by Gasteiger charge is -2.37. The van der Waals surface area contributed by atoms with Crippen LogP contribution >= 0.6 is 11.8 Å². The van der Waals surface area contributed by atoms with Crippen molar-refractivity contribution in [1.82, 2.24) is 5.32 Å². The van der Waals surface area contributed by atoms with Gasteiger partial charge in [0, 0.05) is 29.1 Å². The smallest absolute Gasteiger partial charge is 0.221 e. The molecule has 4 heteroatoms. The van der Waals surface area contributed by atoms with E-state index in [9.17, 15) is 4.79 Å². The van der Waals surface area contributed by atoms with E-state index in [4.69, 9.17) is 4.74 Å². The number of carbonyl (C=O) groups is 1. The summed E-state index contributed by atoms with van der Waals surface area (Å²) in [7, 11) is 0. The largest absolute Gasteiger partial charge is 0.487 e. The molecule has 0 unspecified atom stereocenters. The molecule has 0 saturated heterocycles. The van der Waals surface area contributed by atoms with Crippen molar-refractivity contribution in [2.75, 3.05) is 5.75 Å². The van der Waals surface area contributed by atoms with E-state index >= 15 is 0 Å². The fourth-order valence-electron chi connectivity index (χ4n) is 3.09. The molecule has 1 amide bonds. The monoisotopic (exact) mass is 355 g/mol. The van der Waals surface area contributed by atoms with E-state index in [2.05, 4.69) is 50.4 Å². The number of fused-ring (bicyclic) bond motifs is 1. The highest BCUT2D eigenvalue weighted by Gasteiger charge is 2.34. The molecule has 0 saturated carbocycles. The van der Waals surface area contributed by atoms with Crippen LogP contribution in [-0.2, 0) is 4.79 Å². The van der Waals surface area contributed by atoms with Gasteiger partial charge in [-0.05, 0) is 39.0 Å². The Labute approximate surface area is 154 Å². The molecule has 1 aliphatic heterocycles. The van der Waals surface area contributed by atoms with Gasteiger partial charge in [-0.25, -0.2) is 0 Å². The number of aryl methyl sites for hydroxylation is 1. The predicted octanol–water partition coefficient (Wildman–Crippen LogP) is 4.90. The third kappa shape index (κ3) is 4.79. The molecule has 25 heavy (non-hydrogen) atoms. The van der Waals surface area contributed by atoms with Gasteiger partial charge in [0.05, 0.1) is 6.04 Å². The second kappa shape index (κ2) is 7.52. The number of amides is 1. The molecule has 0 radical (unpaired) electrons. The Hall–Kier alpha value is -1.94. The maximum absolute atomic E-state index is 12.4. The lowest BCUT2D eigenvalue weighted by molar-refractivity contribution is -0.121. The van der Waals surface area contributed by atoms with E-state index < -0.39 is 0 Å². The molecule has 132 valence electrons. The molecule has 0 aromatic heterocycles. The summed E-state index contributed by atoms with van der Waals surface area (Å²) in [6.45, 7) is 6.21. The molecular formula is C21H25NO2S. The maximum atomic E-state index is 12.4. The molecule has 1 N–H and O–H groups in total. The van der Waals surface area contributed by atoms with Crippen molar-refractivity contribution < 1.29 is 9.53 Å². The highest BCUT2D eigenvalue weighted by Crippen LogP contribution is 2.39. The van der Waals surface area contributed by atoms with Crippen LogP contribution in [0.15, 0.2) is 53.4 Å². The minimum Gasteiger partial charge on any atom is -0.487 e. The van der Waals surface area contributed by atoms with Crippen LogP contribution in [0.4, 0.5) is 0 Å². The number of para-hydroxylation sites is 1. The zero-order chi connectivity index (χ0) is 17.9. The second-order valence-electron chi connectivity index (χ2n) is 7.14. The molecule has 2 aromatic carbocycles. The number of hydrogen-bond donors (Lipinski definition) is 1. The van der Waals surface area contributed by atoms with Gasteiger partial charge in [-0.2, -0.15) is 0 Å². The van der Waals surface area contributed by atoms with E-state index in [0.717, 1.165) is 23.5 Å². The zero-order valence-electron chi connectivity index (χ0n) is 15.0. The summed E-state index contributed by atoms with van der Waals surface area (Å²) in [5.74, 6) is 1.75. The molecule has 0 spiro atoms. The Kier molecular flexibility index (Phi) is 5.38. The molecule has 3 rings (SSSR count). The first-order valence-corrected chi connectivity index (χ1v) is 9.68. The minimum atomic E-state index is -0.275. The Morgan fingerprint density at radius 2 is 1.92 bits per heavy atom. The molecule has 1 atom stereocenters. The average Bonchev–Trinajstić information content (AvgIpc) is 2.55. The third-order valence-electron chi connectivity index (χ3n) is 4.33. The minimum absolute atomic E-state index is 0.0109. The SMILES string of the molecule is Cc1ccc(SCCC(=O)N[C@H]2CC(C)(C)Oc3ccccc32)cc1. The predicted molar refractivity (Wildman–Crippen MR) is 103 cm³/mol. The summed E-state index contributed by atoms with van der Waals surface area (Å²) < 4.78 is 6.02. The summed E-state index contributed by atoms with van der Waals surface area (Å²) in [6.07, 6.45) is 1.29. The standard InChI is InChI=1S/C21H25NO2S/c1-15-8-10-16(11-9-15)25-13-12-20(23)22-18-14-21(2,3)24-19-7-5-4-6-17(18)19/h4-11,18H,12-14H2,1-3H3,(H,22,23)/t18-/m0/s1. The topological polar surface area (TPSA) is 38.3 Å². The Balaban J connectivity index is 1.56. The van der Waals surface area contributed by atoms with Crippen LogP contribution in [0.25, 0.3) is 0 Å². The fourth-order valence-corrected chi connectivity index (χ4v) is 3.95. The van der Waals surface area contributed by atoms with E-state index in [1.807, 2.05) is 24.3 Å². The quantitative estimate of drug-likeness (QED) is 0.776. The van der Waals surface area contributed by atoms with Gasteiger partial charge in [0.2, 0.25) is 5.91 Å².